The minimum Gasteiger partial charge on any atom is -0.379 e. The molecule has 1 aliphatic heterocycles. The number of hydrogen-bond acceptors (Lipinski definition) is 8. The number of anilines is 1. The summed E-state index contributed by atoms with van der Waals surface area (Å²) in [6.45, 7) is 5.62. The van der Waals surface area contributed by atoms with Gasteiger partial charge in [0, 0.05) is 54.9 Å². The van der Waals surface area contributed by atoms with E-state index in [9.17, 15) is 8.42 Å². The van der Waals surface area contributed by atoms with Gasteiger partial charge in [-0.1, -0.05) is 18.2 Å². The molecule has 0 spiro atoms. The Bertz CT molecular complexity index is 1770. The Morgan fingerprint density at radius 2 is 1.79 bits per heavy atom. The molecule has 0 bridgehead atoms. The summed E-state index contributed by atoms with van der Waals surface area (Å²) < 4.78 is 30.4. The van der Waals surface area contributed by atoms with Crippen LogP contribution in [-0.4, -0.2) is 77.9 Å². The van der Waals surface area contributed by atoms with E-state index >= 15 is 0 Å². The first-order chi connectivity index (χ1) is 20.8. The van der Waals surface area contributed by atoms with Gasteiger partial charge in [0.1, 0.15) is 17.8 Å². The second kappa shape index (κ2) is 11.2. The summed E-state index contributed by atoms with van der Waals surface area (Å²) >= 11 is 0. The summed E-state index contributed by atoms with van der Waals surface area (Å²) in [5, 5.41) is 4.84. The summed E-state index contributed by atoms with van der Waals surface area (Å²) in [5.41, 5.74) is 5.36. The van der Waals surface area contributed by atoms with Crippen LogP contribution in [-0.2, 0) is 26.4 Å². The van der Waals surface area contributed by atoms with Crippen molar-refractivity contribution in [1.29, 1.82) is 0 Å². The summed E-state index contributed by atoms with van der Waals surface area (Å²) in [6, 6.07) is 10.8. The molecule has 1 saturated heterocycles. The van der Waals surface area contributed by atoms with Crippen LogP contribution >= 0.6 is 0 Å². The van der Waals surface area contributed by atoms with Crippen molar-refractivity contribution >= 4 is 32.8 Å². The zero-order valence-corrected chi connectivity index (χ0v) is 25.5. The van der Waals surface area contributed by atoms with Gasteiger partial charge in [0.2, 0.25) is 0 Å². The number of benzene rings is 1. The van der Waals surface area contributed by atoms with Gasteiger partial charge in [-0.25, -0.2) is 18.4 Å². The third-order valence-electron chi connectivity index (χ3n) is 9.60. The lowest BCUT2D eigenvalue weighted by molar-refractivity contribution is 0.00791. The highest BCUT2D eigenvalue weighted by atomic mass is 32.2. The number of nitrogens with zero attached hydrogens (tertiary/aromatic N) is 4. The maximum absolute atomic E-state index is 12.4. The van der Waals surface area contributed by atoms with E-state index in [2.05, 4.69) is 37.3 Å². The van der Waals surface area contributed by atoms with E-state index < -0.39 is 15.3 Å². The Labute approximate surface area is 252 Å². The molecular weight excluding hydrogens is 560 g/mol. The van der Waals surface area contributed by atoms with Gasteiger partial charge in [0.05, 0.1) is 23.5 Å². The Kier molecular flexibility index (Phi) is 7.31. The minimum absolute atomic E-state index is 0.358. The molecule has 2 fully saturated rings. The van der Waals surface area contributed by atoms with Gasteiger partial charge in [0.15, 0.2) is 9.84 Å². The fourth-order valence-corrected chi connectivity index (χ4v) is 8.34. The molecule has 224 valence electrons. The third kappa shape index (κ3) is 5.25. The molecule has 4 aromatic rings. The summed E-state index contributed by atoms with van der Waals surface area (Å²) in [6.07, 6.45) is 16.1. The van der Waals surface area contributed by atoms with Gasteiger partial charge in [-0.15, -0.1) is 0 Å². The third-order valence-corrected chi connectivity index (χ3v) is 10.9. The quantitative estimate of drug-likeness (QED) is 0.329. The van der Waals surface area contributed by atoms with Crippen LogP contribution in [0.25, 0.3) is 17.1 Å². The number of allylic oxidation sites excluding steroid dienone is 1. The summed E-state index contributed by atoms with van der Waals surface area (Å²) in [4.78, 5) is 20.2. The van der Waals surface area contributed by atoms with Gasteiger partial charge in [-0.3, -0.25) is 9.88 Å². The van der Waals surface area contributed by atoms with E-state index in [0.29, 0.717) is 23.4 Å². The van der Waals surface area contributed by atoms with Crippen molar-refractivity contribution in [1.82, 2.24) is 24.8 Å². The zero-order chi connectivity index (χ0) is 29.6. The SMILES string of the molecule is Cc1cc(C2(c3ccncc3)C=Cc3[nH]c4ncnc(N[C@H]5CC[C@H](N6CCOCC6)CC5)c4c3C2)ccc1S(C)(=O)=O. The monoisotopic (exact) mass is 598 g/mol. The fraction of sp³-hybridized carbons (Fsp3) is 0.424. The largest absolute Gasteiger partial charge is 0.379 e. The van der Waals surface area contributed by atoms with E-state index in [1.165, 1.54) is 19.1 Å². The standard InChI is InChI=1S/C33H38N6O3S/c1-22-19-24(3-8-29(22)43(2,40)41)33(23-10-13-34-14-11-23)12-9-28-27(20-33)30-31(35-21-36-32(30)38-28)37-25-4-6-26(7-5-25)39-15-17-42-18-16-39/h3,8-14,19,21,25-26H,4-7,15-18,20H2,1-2H3,(H2,35,36,37,38)/t25-,26-,33?. The molecule has 4 heterocycles. The molecule has 3 aromatic heterocycles. The number of ether oxygens (including phenoxy) is 1. The summed E-state index contributed by atoms with van der Waals surface area (Å²) in [7, 11) is -3.33. The molecule has 2 N–H and O–H groups in total. The van der Waals surface area contributed by atoms with Crippen molar-refractivity contribution in [2.24, 2.45) is 0 Å². The van der Waals surface area contributed by atoms with E-state index in [0.717, 1.165) is 83.9 Å². The topological polar surface area (TPSA) is 113 Å². The Hall–Kier alpha value is -3.60. The molecule has 1 saturated carbocycles. The van der Waals surface area contributed by atoms with Crippen LogP contribution in [0.3, 0.4) is 0 Å². The highest BCUT2D eigenvalue weighted by Crippen LogP contribution is 2.45. The van der Waals surface area contributed by atoms with Crippen LogP contribution in [0.15, 0.2) is 60.0 Å². The predicted octanol–water partition coefficient (Wildman–Crippen LogP) is 4.68. The maximum Gasteiger partial charge on any atom is 0.175 e. The normalized spacial score (nSPS) is 24.6. The number of hydrogen-bond donors (Lipinski definition) is 2. The number of aromatic amines is 1. The highest BCUT2D eigenvalue weighted by molar-refractivity contribution is 7.90. The van der Waals surface area contributed by atoms with Crippen molar-refractivity contribution < 1.29 is 13.2 Å². The average Bonchev–Trinajstić information content (AvgIpc) is 3.40. The molecular formula is C33H38N6O3S. The number of sulfone groups is 1. The number of pyridine rings is 1. The van der Waals surface area contributed by atoms with Crippen molar-refractivity contribution in [3.8, 4) is 0 Å². The Morgan fingerprint density at radius 1 is 1.02 bits per heavy atom. The van der Waals surface area contributed by atoms with Gasteiger partial charge in [-0.2, -0.15) is 0 Å². The molecule has 0 amide bonds. The van der Waals surface area contributed by atoms with Crippen molar-refractivity contribution in [2.75, 3.05) is 37.9 Å². The van der Waals surface area contributed by atoms with Crippen molar-refractivity contribution in [3.63, 3.8) is 0 Å². The van der Waals surface area contributed by atoms with Crippen LogP contribution in [0.4, 0.5) is 5.82 Å². The molecule has 3 aliphatic rings. The number of aryl methyl sites for hydroxylation is 1. The number of aromatic nitrogens is 4. The van der Waals surface area contributed by atoms with Crippen molar-refractivity contribution in [3.05, 3.63) is 83.1 Å². The van der Waals surface area contributed by atoms with Crippen LogP contribution in [0.5, 0.6) is 0 Å². The smallest absolute Gasteiger partial charge is 0.175 e. The lowest BCUT2D eigenvalue weighted by Gasteiger charge is -2.39. The molecule has 10 heteroatoms. The van der Waals surface area contributed by atoms with Gasteiger partial charge >= 0.3 is 0 Å². The van der Waals surface area contributed by atoms with E-state index in [1.54, 1.807) is 12.4 Å². The first kappa shape index (κ1) is 28.2. The zero-order valence-electron chi connectivity index (χ0n) is 24.7. The van der Waals surface area contributed by atoms with Gasteiger partial charge in [0.25, 0.3) is 0 Å². The molecule has 1 unspecified atom stereocenters. The van der Waals surface area contributed by atoms with Gasteiger partial charge in [-0.05, 0) is 85.6 Å². The molecule has 1 atom stereocenters. The predicted molar refractivity (Wildman–Crippen MR) is 168 cm³/mol. The minimum atomic E-state index is -3.33. The lowest BCUT2D eigenvalue weighted by Crippen LogP contribution is -2.46. The van der Waals surface area contributed by atoms with Crippen LogP contribution in [0.1, 0.15) is 53.6 Å². The second-order valence-electron chi connectivity index (χ2n) is 12.2. The van der Waals surface area contributed by atoms with E-state index in [4.69, 9.17) is 9.72 Å². The lowest BCUT2D eigenvalue weighted by atomic mass is 9.68. The molecule has 7 rings (SSSR count). The fourth-order valence-electron chi connectivity index (χ4n) is 7.38. The highest BCUT2D eigenvalue weighted by Gasteiger charge is 2.38. The molecule has 9 nitrogen and oxygen atoms in total. The van der Waals surface area contributed by atoms with Crippen LogP contribution < -0.4 is 5.32 Å². The molecule has 2 aliphatic carbocycles. The number of H-pyrrole nitrogens is 1. The number of morpholine rings is 1. The number of fused-ring (bicyclic) bond motifs is 3. The van der Waals surface area contributed by atoms with E-state index in [-0.39, 0.29) is 0 Å². The number of rotatable bonds is 6. The van der Waals surface area contributed by atoms with E-state index in [1.807, 2.05) is 43.6 Å². The maximum atomic E-state index is 12.4. The van der Waals surface area contributed by atoms with Crippen LogP contribution in [0.2, 0.25) is 0 Å². The molecule has 0 radical (unpaired) electrons. The Morgan fingerprint density at radius 3 is 2.51 bits per heavy atom. The molecule has 43 heavy (non-hydrogen) atoms. The average molecular weight is 599 g/mol. The first-order valence-electron chi connectivity index (χ1n) is 15.2. The van der Waals surface area contributed by atoms with Crippen molar-refractivity contribution in [2.45, 2.75) is 61.4 Å². The first-order valence-corrected chi connectivity index (χ1v) is 17.1. The second-order valence-corrected chi connectivity index (χ2v) is 14.2. The van der Waals surface area contributed by atoms with Gasteiger partial charge < -0.3 is 15.0 Å². The number of nitrogens with one attached hydrogen (secondary N) is 2. The van der Waals surface area contributed by atoms with Crippen LogP contribution in [0, 0.1) is 6.92 Å². The Balaban J connectivity index is 1.23. The molecule has 1 aromatic carbocycles. The summed E-state index contributed by atoms with van der Waals surface area (Å²) in [5.74, 6) is 0.875.